The number of nitrogens with zero attached hydrogens (tertiary/aromatic N) is 1. The monoisotopic (exact) mass is 334 g/mol. The molecule has 0 spiro atoms. The van der Waals surface area contributed by atoms with Crippen LogP contribution >= 0.6 is 11.6 Å². The summed E-state index contributed by atoms with van der Waals surface area (Å²) in [5.41, 5.74) is 1.89. The number of nitrogens with one attached hydrogen (secondary N) is 1. The Balaban J connectivity index is 2.11. The van der Waals surface area contributed by atoms with Gasteiger partial charge in [0.2, 0.25) is 0 Å². The highest BCUT2D eigenvalue weighted by molar-refractivity contribution is 6.30. The van der Waals surface area contributed by atoms with Gasteiger partial charge in [0.05, 0.1) is 30.3 Å². The molecule has 0 aliphatic rings. The first-order valence-corrected chi connectivity index (χ1v) is 7.33. The van der Waals surface area contributed by atoms with Crippen LogP contribution in [0, 0.1) is 17.1 Å². The van der Waals surface area contributed by atoms with E-state index < -0.39 is 11.9 Å². The molecule has 1 atom stereocenters. The fourth-order valence-electron chi connectivity index (χ4n) is 2.21. The molecule has 0 fully saturated rings. The fraction of sp³-hybridized carbons (Fsp3) is 0.235. The highest BCUT2D eigenvalue weighted by Crippen LogP contribution is 2.22. The Kier molecular flexibility index (Phi) is 5.94. The molecule has 0 bridgehead atoms. The van der Waals surface area contributed by atoms with Gasteiger partial charge in [-0.3, -0.25) is 0 Å². The van der Waals surface area contributed by atoms with E-state index in [1.54, 1.807) is 18.2 Å². The predicted octanol–water partition coefficient (Wildman–Crippen LogP) is 3.18. The Hall–Kier alpha value is -2.13. The number of halogens is 2. The fourth-order valence-corrected chi connectivity index (χ4v) is 2.33. The Labute approximate surface area is 139 Å². The number of benzene rings is 2. The van der Waals surface area contributed by atoms with E-state index in [9.17, 15) is 9.50 Å². The highest BCUT2D eigenvalue weighted by atomic mass is 35.5. The van der Waals surface area contributed by atoms with Gasteiger partial charge in [0, 0.05) is 6.54 Å². The molecule has 0 amide bonds. The normalized spacial score (nSPS) is 11.8. The van der Waals surface area contributed by atoms with Crippen LogP contribution in [-0.4, -0.2) is 18.8 Å². The molecule has 0 radical (unpaired) electrons. The van der Waals surface area contributed by atoms with E-state index in [1.165, 1.54) is 19.2 Å². The number of ether oxygens (including phenoxy) is 1. The summed E-state index contributed by atoms with van der Waals surface area (Å²) in [6, 6.07) is 11.3. The molecule has 1 unspecified atom stereocenters. The van der Waals surface area contributed by atoms with Gasteiger partial charge in [-0.25, -0.2) is 4.39 Å². The summed E-state index contributed by atoms with van der Waals surface area (Å²) >= 11 is 5.66. The second-order valence-electron chi connectivity index (χ2n) is 4.94. The molecular weight excluding hydrogens is 319 g/mol. The van der Waals surface area contributed by atoms with Gasteiger partial charge in [-0.2, -0.15) is 5.26 Å². The van der Waals surface area contributed by atoms with Crippen molar-refractivity contribution in [3.05, 3.63) is 63.9 Å². The summed E-state index contributed by atoms with van der Waals surface area (Å²) in [6.45, 7) is 0.219. The third-order valence-electron chi connectivity index (χ3n) is 3.47. The molecule has 120 valence electrons. The second kappa shape index (κ2) is 7.93. The molecule has 0 saturated carbocycles. The van der Waals surface area contributed by atoms with E-state index in [2.05, 4.69) is 11.4 Å². The number of methoxy groups -OCH3 is 1. The standard InChI is InChI=1S/C17H16ClFN2O2/c1-23-17-5-2-11(6-13(17)8-20)9-21-16(10-22)12-3-4-14(18)15(19)7-12/h2-7,16,21-22H,9-10H2,1H3. The molecule has 2 aromatic carbocycles. The van der Waals surface area contributed by atoms with Gasteiger partial charge in [-0.05, 0) is 35.4 Å². The van der Waals surface area contributed by atoms with Crippen LogP contribution in [0.4, 0.5) is 4.39 Å². The van der Waals surface area contributed by atoms with Gasteiger partial charge in [0.25, 0.3) is 0 Å². The summed E-state index contributed by atoms with van der Waals surface area (Å²) in [6.07, 6.45) is 0. The third-order valence-corrected chi connectivity index (χ3v) is 3.77. The van der Waals surface area contributed by atoms with E-state index in [4.69, 9.17) is 21.6 Å². The molecule has 2 N–H and O–H groups in total. The quantitative estimate of drug-likeness (QED) is 0.851. The lowest BCUT2D eigenvalue weighted by molar-refractivity contribution is 0.243. The van der Waals surface area contributed by atoms with Crippen LogP contribution in [0.25, 0.3) is 0 Å². The molecule has 4 nitrogen and oxygen atoms in total. The van der Waals surface area contributed by atoms with Gasteiger partial charge in [0.15, 0.2) is 0 Å². The average molecular weight is 335 g/mol. The summed E-state index contributed by atoms with van der Waals surface area (Å²) in [5.74, 6) is -0.0182. The van der Waals surface area contributed by atoms with Crippen LogP contribution in [0.2, 0.25) is 5.02 Å². The van der Waals surface area contributed by atoms with Crippen LogP contribution < -0.4 is 10.1 Å². The molecule has 0 heterocycles. The van der Waals surface area contributed by atoms with E-state index >= 15 is 0 Å². The zero-order valence-electron chi connectivity index (χ0n) is 12.5. The minimum atomic E-state index is -0.527. The van der Waals surface area contributed by atoms with Crippen LogP contribution in [0.1, 0.15) is 22.7 Å². The van der Waals surface area contributed by atoms with Crippen molar-refractivity contribution in [3.63, 3.8) is 0 Å². The van der Waals surface area contributed by atoms with Crippen molar-refractivity contribution >= 4 is 11.6 Å². The van der Waals surface area contributed by atoms with Crippen molar-refractivity contribution < 1.29 is 14.2 Å². The van der Waals surface area contributed by atoms with Gasteiger partial charge in [-0.1, -0.05) is 23.7 Å². The average Bonchev–Trinajstić information content (AvgIpc) is 2.58. The van der Waals surface area contributed by atoms with E-state index in [0.717, 1.165) is 5.56 Å². The van der Waals surface area contributed by atoms with Crippen molar-refractivity contribution in [1.82, 2.24) is 5.32 Å². The second-order valence-corrected chi connectivity index (χ2v) is 5.34. The minimum absolute atomic E-state index is 0.0410. The molecule has 0 saturated heterocycles. The third kappa shape index (κ3) is 4.20. The van der Waals surface area contributed by atoms with Crippen molar-refractivity contribution in [2.75, 3.05) is 13.7 Å². The maximum atomic E-state index is 13.5. The highest BCUT2D eigenvalue weighted by Gasteiger charge is 2.13. The first-order valence-electron chi connectivity index (χ1n) is 6.95. The number of aliphatic hydroxyl groups excluding tert-OH is 1. The minimum Gasteiger partial charge on any atom is -0.495 e. The number of rotatable bonds is 6. The van der Waals surface area contributed by atoms with Crippen LogP contribution in [0.3, 0.4) is 0 Å². The Bertz CT molecular complexity index is 731. The molecular formula is C17H16ClFN2O2. The summed E-state index contributed by atoms with van der Waals surface area (Å²) in [5, 5.41) is 21.8. The molecule has 6 heteroatoms. The Morgan fingerprint density at radius 2 is 2.13 bits per heavy atom. The molecule has 0 aromatic heterocycles. The molecule has 0 aliphatic carbocycles. The zero-order valence-corrected chi connectivity index (χ0v) is 13.3. The van der Waals surface area contributed by atoms with Crippen LogP contribution in [0.5, 0.6) is 5.75 Å². The lowest BCUT2D eigenvalue weighted by Gasteiger charge is -2.17. The molecule has 23 heavy (non-hydrogen) atoms. The van der Waals surface area contributed by atoms with Gasteiger partial charge in [0.1, 0.15) is 17.6 Å². The lowest BCUT2D eigenvalue weighted by atomic mass is 10.1. The summed E-state index contributed by atoms with van der Waals surface area (Å²) in [4.78, 5) is 0. The lowest BCUT2D eigenvalue weighted by Crippen LogP contribution is -2.24. The topological polar surface area (TPSA) is 65.3 Å². The van der Waals surface area contributed by atoms with Crippen LogP contribution in [0.15, 0.2) is 36.4 Å². The van der Waals surface area contributed by atoms with E-state index in [0.29, 0.717) is 23.4 Å². The van der Waals surface area contributed by atoms with Gasteiger partial charge >= 0.3 is 0 Å². The maximum Gasteiger partial charge on any atom is 0.142 e. The number of aliphatic hydroxyl groups is 1. The molecule has 0 aliphatic heterocycles. The zero-order chi connectivity index (χ0) is 16.8. The van der Waals surface area contributed by atoms with Crippen molar-refractivity contribution in [2.45, 2.75) is 12.6 Å². The largest absolute Gasteiger partial charge is 0.495 e. The summed E-state index contributed by atoms with van der Waals surface area (Å²) < 4.78 is 18.6. The SMILES string of the molecule is COc1ccc(CNC(CO)c2ccc(Cl)c(F)c2)cc1C#N. The van der Waals surface area contributed by atoms with E-state index in [-0.39, 0.29) is 11.6 Å². The smallest absolute Gasteiger partial charge is 0.142 e. The number of hydrogen-bond acceptors (Lipinski definition) is 4. The first kappa shape index (κ1) is 17.2. The van der Waals surface area contributed by atoms with Crippen LogP contribution in [-0.2, 0) is 6.54 Å². The Morgan fingerprint density at radius 1 is 1.35 bits per heavy atom. The van der Waals surface area contributed by atoms with Crippen molar-refractivity contribution in [2.24, 2.45) is 0 Å². The summed E-state index contributed by atoms with van der Waals surface area (Å²) in [7, 11) is 1.50. The van der Waals surface area contributed by atoms with E-state index in [1.807, 2.05) is 6.07 Å². The maximum absolute atomic E-state index is 13.5. The Morgan fingerprint density at radius 3 is 2.74 bits per heavy atom. The van der Waals surface area contributed by atoms with Gasteiger partial charge in [-0.15, -0.1) is 0 Å². The van der Waals surface area contributed by atoms with Crippen molar-refractivity contribution in [1.29, 1.82) is 5.26 Å². The molecule has 2 aromatic rings. The predicted molar refractivity (Wildman–Crippen MR) is 85.8 cm³/mol. The molecule has 2 rings (SSSR count). The number of nitriles is 1. The number of hydrogen-bond donors (Lipinski definition) is 2. The van der Waals surface area contributed by atoms with Gasteiger partial charge < -0.3 is 15.2 Å². The van der Waals surface area contributed by atoms with Crippen molar-refractivity contribution in [3.8, 4) is 11.8 Å². The first-order chi connectivity index (χ1) is 11.1.